The zero-order chi connectivity index (χ0) is 12.3. The van der Waals surface area contributed by atoms with Crippen molar-refractivity contribution in [1.82, 2.24) is 5.16 Å². The Labute approximate surface area is 99.8 Å². The molecule has 1 aromatic heterocycles. The van der Waals surface area contributed by atoms with Crippen molar-refractivity contribution in [2.24, 2.45) is 0 Å². The standard InChI is InChI=1S/C13H15NO3/c1-9-7-11(17-14-9)5-3-10-4-6-12(15)13(8-10)16-2/h4,6-8,15H,3,5H2,1-2H3. The summed E-state index contributed by atoms with van der Waals surface area (Å²) in [4.78, 5) is 0. The number of phenols is 1. The van der Waals surface area contributed by atoms with E-state index >= 15 is 0 Å². The number of benzene rings is 1. The van der Waals surface area contributed by atoms with Crippen LogP contribution in [0.2, 0.25) is 0 Å². The lowest BCUT2D eigenvalue weighted by Gasteiger charge is -2.05. The molecule has 2 aromatic rings. The molecule has 4 nitrogen and oxygen atoms in total. The van der Waals surface area contributed by atoms with Gasteiger partial charge in [-0.2, -0.15) is 0 Å². The van der Waals surface area contributed by atoms with Gasteiger partial charge in [-0.25, -0.2) is 0 Å². The average Bonchev–Trinajstić information content (AvgIpc) is 2.74. The van der Waals surface area contributed by atoms with Gasteiger partial charge in [-0.05, 0) is 31.0 Å². The Hall–Kier alpha value is -1.97. The van der Waals surface area contributed by atoms with E-state index in [0.717, 1.165) is 29.9 Å². The Bertz CT molecular complexity index is 505. The molecule has 17 heavy (non-hydrogen) atoms. The molecule has 0 aliphatic rings. The van der Waals surface area contributed by atoms with Gasteiger partial charge in [0.25, 0.3) is 0 Å². The summed E-state index contributed by atoms with van der Waals surface area (Å²) in [6, 6.07) is 7.27. The monoisotopic (exact) mass is 233 g/mol. The molecule has 90 valence electrons. The highest BCUT2D eigenvalue weighted by Gasteiger charge is 2.05. The smallest absolute Gasteiger partial charge is 0.160 e. The van der Waals surface area contributed by atoms with Gasteiger partial charge in [0, 0.05) is 12.5 Å². The molecule has 0 bridgehead atoms. The highest BCUT2D eigenvalue weighted by molar-refractivity contribution is 5.41. The zero-order valence-corrected chi connectivity index (χ0v) is 9.93. The maximum Gasteiger partial charge on any atom is 0.160 e. The Morgan fingerprint density at radius 2 is 2.12 bits per heavy atom. The molecule has 1 heterocycles. The number of methoxy groups -OCH3 is 1. The first-order chi connectivity index (χ1) is 8.19. The minimum absolute atomic E-state index is 0.159. The number of hydrogen-bond acceptors (Lipinski definition) is 4. The van der Waals surface area contributed by atoms with Crippen molar-refractivity contribution in [3.63, 3.8) is 0 Å². The minimum Gasteiger partial charge on any atom is -0.504 e. The summed E-state index contributed by atoms with van der Waals surface area (Å²) < 4.78 is 10.2. The van der Waals surface area contributed by atoms with E-state index in [-0.39, 0.29) is 5.75 Å². The fourth-order valence-electron chi connectivity index (χ4n) is 1.68. The molecule has 0 amide bonds. The number of hydrogen-bond donors (Lipinski definition) is 1. The van der Waals surface area contributed by atoms with E-state index in [1.807, 2.05) is 25.1 Å². The highest BCUT2D eigenvalue weighted by atomic mass is 16.5. The molecular formula is C13H15NO3. The summed E-state index contributed by atoms with van der Waals surface area (Å²) in [5.41, 5.74) is 1.98. The summed E-state index contributed by atoms with van der Waals surface area (Å²) in [7, 11) is 1.54. The Kier molecular flexibility index (Phi) is 3.32. The maximum atomic E-state index is 9.47. The van der Waals surface area contributed by atoms with Gasteiger partial charge < -0.3 is 14.4 Å². The zero-order valence-electron chi connectivity index (χ0n) is 9.93. The lowest BCUT2D eigenvalue weighted by Crippen LogP contribution is -1.91. The lowest BCUT2D eigenvalue weighted by molar-refractivity contribution is 0.372. The Morgan fingerprint density at radius 1 is 1.29 bits per heavy atom. The fraction of sp³-hybridized carbons (Fsp3) is 0.308. The van der Waals surface area contributed by atoms with Crippen LogP contribution >= 0.6 is 0 Å². The van der Waals surface area contributed by atoms with Crippen LogP contribution < -0.4 is 4.74 Å². The van der Waals surface area contributed by atoms with E-state index in [2.05, 4.69) is 5.16 Å². The number of nitrogens with zero attached hydrogens (tertiary/aromatic N) is 1. The summed E-state index contributed by atoms with van der Waals surface area (Å²) >= 11 is 0. The van der Waals surface area contributed by atoms with Crippen LogP contribution in [0.25, 0.3) is 0 Å². The molecule has 1 aromatic carbocycles. The SMILES string of the molecule is COc1cc(CCc2cc(C)no2)ccc1O. The first-order valence-electron chi connectivity index (χ1n) is 5.47. The van der Waals surface area contributed by atoms with Gasteiger partial charge in [0.1, 0.15) is 5.76 Å². The molecule has 0 atom stereocenters. The average molecular weight is 233 g/mol. The molecule has 0 radical (unpaired) electrons. The van der Waals surface area contributed by atoms with E-state index in [1.54, 1.807) is 13.2 Å². The van der Waals surface area contributed by atoms with Crippen molar-refractivity contribution in [3.8, 4) is 11.5 Å². The van der Waals surface area contributed by atoms with Crippen LogP contribution in [0.4, 0.5) is 0 Å². The van der Waals surface area contributed by atoms with Crippen molar-refractivity contribution in [1.29, 1.82) is 0 Å². The molecule has 0 aliphatic heterocycles. The first kappa shape index (κ1) is 11.5. The van der Waals surface area contributed by atoms with Gasteiger partial charge in [-0.1, -0.05) is 11.2 Å². The molecular weight excluding hydrogens is 218 g/mol. The van der Waals surface area contributed by atoms with Crippen LogP contribution in [0.3, 0.4) is 0 Å². The largest absolute Gasteiger partial charge is 0.504 e. The van der Waals surface area contributed by atoms with Crippen molar-refractivity contribution >= 4 is 0 Å². The van der Waals surface area contributed by atoms with E-state index in [4.69, 9.17) is 9.26 Å². The molecule has 2 rings (SSSR count). The Morgan fingerprint density at radius 3 is 2.76 bits per heavy atom. The van der Waals surface area contributed by atoms with Crippen LogP contribution in [0.1, 0.15) is 17.0 Å². The van der Waals surface area contributed by atoms with Crippen LogP contribution in [0.5, 0.6) is 11.5 Å². The number of rotatable bonds is 4. The van der Waals surface area contributed by atoms with Crippen LogP contribution in [-0.4, -0.2) is 17.4 Å². The summed E-state index contributed by atoms with van der Waals surface area (Å²) in [6.07, 6.45) is 1.61. The second-order valence-electron chi connectivity index (χ2n) is 3.94. The van der Waals surface area contributed by atoms with Gasteiger partial charge >= 0.3 is 0 Å². The maximum absolute atomic E-state index is 9.47. The minimum atomic E-state index is 0.159. The van der Waals surface area contributed by atoms with Crippen LogP contribution in [0, 0.1) is 6.92 Å². The third-order valence-electron chi connectivity index (χ3n) is 2.58. The van der Waals surface area contributed by atoms with Gasteiger partial charge in [0.05, 0.1) is 12.8 Å². The summed E-state index contributed by atoms with van der Waals surface area (Å²) in [5.74, 6) is 1.53. The number of aromatic hydroxyl groups is 1. The number of phenolic OH excluding ortho intramolecular Hbond substituents is 1. The van der Waals surface area contributed by atoms with E-state index < -0.39 is 0 Å². The number of aryl methyl sites for hydroxylation is 3. The normalized spacial score (nSPS) is 10.5. The topological polar surface area (TPSA) is 55.5 Å². The predicted octanol–water partition coefficient (Wildman–Crippen LogP) is 2.48. The lowest BCUT2D eigenvalue weighted by atomic mass is 10.1. The fourth-order valence-corrected chi connectivity index (χ4v) is 1.68. The molecule has 0 fully saturated rings. The van der Waals surface area contributed by atoms with Crippen LogP contribution in [0.15, 0.2) is 28.8 Å². The van der Waals surface area contributed by atoms with Crippen molar-refractivity contribution in [2.45, 2.75) is 19.8 Å². The third kappa shape index (κ3) is 2.78. The van der Waals surface area contributed by atoms with Gasteiger partial charge in [-0.3, -0.25) is 0 Å². The molecule has 0 saturated heterocycles. The highest BCUT2D eigenvalue weighted by Crippen LogP contribution is 2.26. The summed E-state index contributed by atoms with van der Waals surface area (Å²) in [6.45, 7) is 1.90. The van der Waals surface area contributed by atoms with Crippen molar-refractivity contribution < 1.29 is 14.4 Å². The summed E-state index contributed by atoms with van der Waals surface area (Å²) in [5, 5.41) is 13.3. The quantitative estimate of drug-likeness (QED) is 0.881. The van der Waals surface area contributed by atoms with E-state index in [1.165, 1.54) is 0 Å². The molecule has 0 saturated carbocycles. The molecule has 1 N–H and O–H groups in total. The predicted molar refractivity (Wildman–Crippen MR) is 63.3 cm³/mol. The first-order valence-corrected chi connectivity index (χ1v) is 5.47. The molecule has 0 unspecified atom stereocenters. The third-order valence-corrected chi connectivity index (χ3v) is 2.58. The van der Waals surface area contributed by atoms with Gasteiger partial charge in [0.2, 0.25) is 0 Å². The Balaban J connectivity index is 2.04. The van der Waals surface area contributed by atoms with Crippen molar-refractivity contribution in [3.05, 3.63) is 41.3 Å². The van der Waals surface area contributed by atoms with E-state index in [9.17, 15) is 5.11 Å². The molecule has 0 aliphatic carbocycles. The molecule has 0 spiro atoms. The second kappa shape index (κ2) is 4.91. The van der Waals surface area contributed by atoms with E-state index in [0.29, 0.717) is 5.75 Å². The number of aromatic nitrogens is 1. The number of ether oxygens (including phenoxy) is 1. The van der Waals surface area contributed by atoms with Crippen LogP contribution in [-0.2, 0) is 12.8 Å². The van der Waals surface area contributed by atoms with Crippen molar-refractivity contribution in [2.75, 3.05) is 7.11 Å². The molecule has 4 heteroatoms. The second-order valence-corrected chi connectivity index (χ2v) is 3.94. The van der Waals surface area contributed by atoms with Gasteiger partial charge in [0.15, 0.2) is 11.5 Å². The van der Waals surface area contributed by atoms with Gasteiger partial charge in [-0.15, -0.1) is 0 Å².